The lowest BCUT2D eigenvalue weighted by atomic mass is 9.91. The molecule has 0 spiro atoms. The van der Waals surface area contributed by atoms with Crippen LogP contribution in [0.25, 0.3) is 0 Å². The first-order valence-electron chi connectivity index (χ1n) is 9.78. The quantitative estimate of drug-likeness (QED) is 0.648. The summed E-state index contributed by atoms with van der Waals surface area (Å²) in [6.45, 7) is 0.461. The zero-order chi connectivity index (χ0) is 19.8. The van der Waals surface area contributed by atoms with Crippen molar-refractivity contribution < 1.29 is 19.2 Å². The first-order chi connectivity index (χ1) is 13.5. The minimum atomic E-state index is -0.942. The molecule has 4 amide bonds. The molecule has 1 saturated heterocycles. The number of imide groups is 2. The highest BCUT2D eigenvalue weighted by atomic mass is 16.2. The topological polar surface area (TPSA) is 122 Å². The number of amides is 4. The molecular formula is C20H24N4O4. The van der Waals surface area contributed by atoms with Crippen molar-refractivity contribution in [3.05, 3.63) is 34.9 Å². The summed E-state index contributed by atoms with van der Waals surface area (Å²) in [5.74, 6) is -1.92. The Morgan fingerprint density at radius 3 is 2.68 bits per heavy atom. The minimum Gasteiger partial charge on any atom is -0.328 e. The van der Waals surface area contributed by atoms with Crippen molar-refractivity contribution in [2.24, 2.45) is 5.73 Å². The van der Waals surface area contributed by atoms with Crippen molar-refractivity contribution in [3.63, 3.8) is 0 Å². The Labute approximate surface area is 162 Å². The van der Waals surface area contributed by atoms with E-state index in [1.165, 1.54) is 0 Å². The van der Waals surface area contributed by atoms with Crippen LogP contribution in [-0.4, -0.2) is 46.7 Å². The van der Waals surface area contributed by atoms with E-state index in [9.17, 15) is 19.2 Å². The predicted molar refractivity (Wildman–Crippen MR) is 100 cm³/mol. The molecule has 8 nitrogen and oxygen atoms in total. The lowest BCUT2D eigenvalue weighted by Gasteiger charge is -2.28. The second kappa shape index (κ2) is 7.44. The Kier molecular flexibility index (Phi) is 4.99. The molecule has 4 N–H and O–H groups in total. The van der Waals surface area contributed by atoms with Gasteiger partial charge in [0, 0.05) is 25.0 Å². The van der Waals surface area contributed by atoms with Gasteiger partial charge in [0.25, 0.3) is 11.8 Å². The average Bonchev–Trinajstić information content (AvgIpc) is 2.92. The fourth-order valence-corrected chi connectivity index (χ4v) is 4.40. The number of benzene rings is 1. The van der Waals surface area contributed by atoms with Crippen LogP contribution in [0.15, 0.2) is 18.2 Å². The second-order valence-corrected chi connectivity index (χ2v) is 7.79. The zero-order valence-electron chi connectivity index (χ0n) is 15.6. The van der Waals surface area contributed by atoms with Crippen LogP contribution in [0.4, 0.5) is 0 Å². The Bertz CT molecular complexity index is 853. The third-order valence-corrected chi connectivity index (χ3v) is 5.85. The molecule has 1 aromatic carbocycles. The van der Waals surface area contributed by atoms with Gasteiger partial charge in [-0.25, -0.2) is 0 Å². The molecule has 1 aromatic rings. The number of nitrogens with one attached hydrogen (secondary N) is 2. The zero-order valence-corrected chi connectivity index (χ0v) is 15.6. The van der Waals surface area contributed by atoms with Crippen LogP contribution in [-0.2, 0) is 16.1 Å². The Hall–Kier alpha value is -2.58. The molecule has 28 heavy (non-hydrogen) atoms. The smallest absolute Gasteiger partial charge is 0.262 e. The van der Waals surface area contributed by atoms with E-state index in [0.717, 1.165) is 36.1 Å². The molecular weight excluding hydrogens is 360 g/mol. The summed E-state index contributed by atoms with van der Waals surface area (Å²) in [6, 6.07) is 4.73. The minimum absolute atomic E-state index is 0.111. The highest BCUT2D eigenvalue weighted by molar-refractivity contribution is 6.24. The summed E-state index contributed by atoms with van der Waals surface area (Å²) in [6.07, 6.45) is 4.31. The third kappa shape index (κ3) is 3.33. The third-order valence-electron chi connectivity index (χ3n) is 5.85. The molecule has 3 atom stereocenters. The van der Waals surface area contributed by atoms with Crippen molar-refractivity contribution in [2.75, 3.05) is 0 Å². The van der Waals surface area contributed by atoms with Crippen molar-refractivity contribution in [3.8, 4) is 0 Å². The molecule has 1 saturated carbocycles. The summed E-state index contributed by atoms with van der Waals surface area (Å²) in [7, 11) is 0. The van der Waals surface area contributed by atoms with E-state index < -0.39 is 23.8 Å². The van der Waals surface area contributed by atoms with Crippen LogP contribution < -0.4 is 16.4 Å². The molecule has 1 aliphatic carbocycles. The van der Waals surface area contributed by atoms with Crippen LogP contribution in [0.1, 0.15) is 64.8 Å². The maximum absolute atomic E-state index is 13.0. The van der Waals surface area contributed by atoms with Gasteiger partial charge < -0.3 is 11.1 Å². The van der Waals surface area contributed by atoms with E-state index in [-0.39, 0.29) is 30.8 Å². The number of piperidine rings is 1. The van der Waals surface area contributed by atoms with Gasteiger partial charge in [0.15, 0.2) is 0 Å². The van der Waals surface area contributed by atoms with Gasteiger partial charge in [0.1, 0.15) is 6.04 Å². The first kappa shape index (κ1) is 18.8. The molecule has 148 valence electrons. The number of rotatable bonds is 4. The molecule has 0 radical (unpaired) electrons. The highest BCUT2D eigenvalue weighted by Crippen LogP contribution is 2.30. The molecule has 1 unspecified atom stereocenters. The van der Waals surface area contributed by atoms with Crippen molar-refractivity contribution in [1.82, 2.24) is 15.5 Å². The number of nitrogens with two attached hydrogens (primary N) is 1. The first-order valence-corrected chi connectivity index (χ1v) is 9.78. The molecule has 2 aliphatic heterocycles. The molecule has 0 aromatic heterocycles. The number of hydrogen-bond donors (Lipinski definition) is 3. The summed E-state index contributed by atoms with van der Waals surface area (Å²) >= 11 is 0. The Morgan fingerprint density at radius 2 is 1.93 bits per heavy atom. The molecule has 2 heterocycles. The van der Waals surface area contributed by atoms with Crippen molar-refractivity contribution >= 4 is 23.6 Å². The standard InChI is InChI=1S/C20H24N4O4/c21-12-4-2-5-13(9-12)22-10-11-3-1-6-14-17(11)20(28)24(19(14)27)15-7-8-16(25)23-18(15)26/h1,3,6,12-13,15,22H,2,4-5,7-10,21H2,(H,23,25,26)/t12-,13-,15?/m0/s1. The van der Waals surface area contributed by atoms with Gasteiger partial charge >= 0.3 is 0 Å². The molecule has 2 fully saturated rings. The van der Waals surface area contributed by atoms with Crippen LogP contribution in [0.5, 0.6) is 0 Å². The van der Waals surface area contributed by atoms with Gasteiger partial charge in [0.2, 0.25) is 11.8 Å². The van der Waals surface area contributed by atoms with Gasteiger partial charge in [-0.1, -0.05) is 18.6 Å². The average molecular weight is 384 g/mol. The largest absolute Gasteiger partial charge is 0.328 e. The number of nitrogens with zero attached hydrogens (tertiary/aromatic N) is 1. The Morgan fingerprint density at radius 1 is 1.11 bits per heavy atom. The fourth-order valence-electron chi connectivity index (χ4n) is 4.40. The summed E-state index contributed by atoms with van der Waals surface area (Å²) < 4.78 is 0. The maximum Gasteiger partial charge on any atom is 0.262 e. The van der Waals surface area contributed by atoms with Gasteiger partial charge in [-0.15, -0.1) is 0 Å². The van der Waals surface area contributed by atoms with E-state index in [1.54, 1.807) is 12.1 Å². The van der Waals surface area contributed by atoms with Gasteiger partial charge in [-0.2, -0.15) is 0 Å². The number of fused-ring (bicyclic) bond motifs is 1. The number of carbonyl (C=O) groups is 4. The summed E-state index contributed by atoms with van der Waals surface area (Å²) in [5.41, 5.74) is 7.45. The molecule has 8 heteroatoms. The van der Waals surface area contributed by atoms with Gasteiger partial charge in [0.05, 0.1) is 11.1 Å². The molecule has 4 rings (SSSR count). The van der Waals surface area contributed by atoms with E-state index in [0.29, 0.717) is 17.7 Å². The monoisotopic (exact) mass is 384 g/mol. The van der Waals surface area contributed by atoms with Crippen LogP contribution in [0, 0.1) is 0 Å². The maximum atomic E-state index is 13.0. The molecule has 3 aliphatic rings. The van der Waals surface area contributed by atoms with Gasteiger partial charge in [-0.3, -0.25) is 29.4 Å². The van der Waals surface area contributed by atoms with E-state index in [4.69, 9.17) is 5.73 Å². The SMILES string of the molecule is N[C@H]1CCC[C@H](NCc2cccc3c2C(=O)N(C2CCC(=O)NC2=O)C3=O)C1. The molecule has 0 bridgehead atoms. The lowest BCUT2D eigenvalue weighted by Crippen LogP contribution is -2.54. The number of carbonyl (C=O) groups excluding carboxylic acids is 4. The Balaban J connectivity index is 1.54. The van der Waals surface area contributed by atoms with Crippen LogP contribution >= 0.6 is 0 Å². The van der Waals surface area contributed by atoms with Crippen molar-refractivity contribution in [1.29, 1.82) is 0 Å². The van der Waals surface area contributed by atoms with Gasteiger partial charge in [-0.05, 0) is 37.3 Å². The predicted octanol–water partition coefficient (Wildman–Crippen LogP) is 0.447. The van der Waals surface area contributed by atoms with Crippen LogP contribution in [0.2, 0.25) is 0 Å². The normalized spacial score (nSPS) is 27.8. The fraction of sp³-hybridized carbons (Fsp3) is 0.500. The summed E-state index contributed by atoms with van der Waals surface area (Å²) in [5, 5.41) is 5.67. The highest BCUT2D eigenvalue weighted by Gasteiger charge is 2.45. The van der Waals surface area contributed by atoms with Crippen molar-refractivity contribution in [2.45, 2.75) is 63.2 Å². The summed E-state index contributed by atoms with van der Waals surface area (Å²) in [4.78, 5) is 50.5. The van der Waals surface area contributed by atoms with Crippen LogP contribution in [0.3, 0.4) is 0 Å². The van der Waals surface area contributed by atoms with E-state index in [2.05, 4.69) is 10.6 Å². The number of hydrogen-bond acceptors (Lipinski definition) is 6. The lowest BCUT2D eigenvalue weighted by molar-refractivity contribution is -0.136. The van der Waals surface area contributed by atoms with E-state index >= 15 is 0 Å². The van der Waals surface area contributed by atoms with E-state index in [1.807, 2.05) is 6.07 Å². The second-order valence-electron chi connectivity index (χ2n) is 7.79.